The van der Waals surface area contributed by atoms with Gasteiger partial charge in [-0.2, -0.15) is 0 Å². The van der Waals surface area contributed by atoms with Gasteiger partial charge >= 0.3 is 0 Å². The van der Waals surface area contributed by atoms with Gasteiger partial charge in [-0.1, -0.05) is 6.07 Å². The molecular weight excluding hydrogens is 350 g/mol. The topological polar surface area (TPSA) is 70.2 Å². The number of benzene rings is 1. The van der Waals surface area contributed by atoms with Gasteiger partial charge in [-0.15, -0.1) is 0 Å². The van der Waals surface area contributed by atoms with Gasteiger partial charge in [-0.25, -0.2) is 0 Å². The standard InChI is InChI=1S/C22H23N5O/c28-22(26-19-5-7-21(8-6-19)27-10-1-2-11-27)18-12-20(16-24-15-18)25-14-17-4-3-9-23-13-17/h3-9,12-13,15-16,25H,1-2,10-11,14H2,(H,26,28). The lowest BCUT2D eigenvalue weighted by atomic mass is 10.2. The molecule has 1 amide bonds. The summed E-state index contributed by atoms with van der Waals surface area (Å²) in [6.45, 7) is 2.84. The molecule has 4 rings (SSSR count). The molecule has 0 spiro atoms. The number of pyridine rings is 2. The van der Waals surface area contributed by atoms with Crippen molar-refractivity contribution < 1.29 is 4.79 Å². The van der Waals surface area contributed by atoms with Crippen LogP contribution in [0.1, 0.15) is 28.8 Å². The maximum absolute atomic E-state index is 12.6. The maximum atomic E-state index is 12.6. The van der Waals surface area contributed by atoms with Gasteiger partial charge in [-0.05, 0) is 54.8 Å². The van der Waals surface area contributed by atoms with Crippen molar-refractivity contribution in [2.75, 3.05) is 28.6 Å². The van der Waals surface area contributed by atoms with Gasteiger partial charge in [0.1, 0.15) is 0 Å². The molecule has 1 fully saturated rings. The Bertz CT molecular complexity index is 921. The van der Waals surface area contributed by atoms with Crippen LogP contribution in [-0.2, 0) is 6.54 Å². The minimum atomic E-state index is -0.175. The van der Waals surface area contributed by atoms with E-state index in [1.807, 2.05) is 30.5 Å². The molecule has 3 heterocycles. The van der Waals surface area contributed by atoms with Crippen molar-refractivity contribution in [3.63, 3.8) is 0 Å². The lowest BCUT2D eigenvalue weighted by Gasteiger charge is -2.17. The quantitative estimate of drug-likeness (QED) is 0.685. The molecule has 0 saturated carbocycles. The smallest absolute Gasteiger partial charge is 0.257 e. The second-order valence-electron chi connectivity index (χ2n) is 6.87. The van der Waals surface area contributed by atoms with E-state index in [2.05, 4.69) is 37.6 Å². The zero-order valence-corrected chi connectivity index (χ0v) is 15.6. The molecule has 6 nitrogen and oxygen atoms in total. The first-order valence-corrected chi connectivity index (χ1v) is 9.52. The molecule has 1 aromatic carbocycles. The average molecular weight is 373 g/mol. The van der Waals surface area contributed by atoms with E-state index in [-0.39, 0.29) is 5.91 Å². The summed E-state index contributed by atoms with van der Waals surface area (Å²) in [6.07, 6.45) is 9.32. The first-order valence-electron chi connectivity index (χ1n) is 9.52. The summed E-state index contributed by atoms with van der Waals surface area (Å²) in [4.78, 5) is 23.2. The van der Waals surface area contributed by atoms with Crippen molar-refractivity contribution >= 4 is 23.0 Å². The third kappa shape index (κ3) is 4.46. The molecule has 0 atom stereocenters. The summed E-state index contributed by atoms with van der Waals surface area (Å²) < 4.78 is 0. The number of rotatable bonds is 6. The number of nitrogens with zero attached hydrogens (tertiary/aromatic N) is 3. The number of nitrogens with one attached hydrogen (secondary N) is 2. The molecule has 2 aromatic heterocycles. The highest BCUT2D eigenvalue weighted by Gasteiger charge is 2.12. The van der Waals surface area contributed by atoms with E-state index in [9.17, 15) is 4.79 Å². The number of carbonyl (C=O) groups is 1. The molecule has 0 aliphatic carbocycles. The molecule has 6 heteroatoms. The Balaban J connectivity index is 1.37. The molecule has 1 aliphatic heterocycles. The van der Waals surface area contributed by atoms with Crippen LogP contribution >= 0.6 is 0 Å². The first kappa shape index (κ1) is 18.0. The number of amides is 1. The molecule has 142 valence electrons. The summed E-state index contributed by atoms with van der Waals surface area (Å²) in [6, 6.07) is 13.7. The molecule has 0 radical (unpaired) electrons. The van der Waals surface area contributed by atoms with Crippen LogP contribution in [-0.4, -0.2) is 29.0 Å². The third-order valence-electron chi connectivity index (χ3n) is 4.82. The lowest BCUT2D eigenvalue weighted by molar-refractivity contribution is 0.102. The van der Waals surface area contributed by atoms with Gasteiger partial charge in [0, 0.05) is 55.8 Å². The van der Waals surface area contributed by atoms with Crippen molar-refractivity contribution in [2.45, 2.75) is 19.4 Å². The van der Waals surface area contributed by atoms with Gasteiger partial charge in [0.25, 0.3) is 5.91 Å². The van der Waals surface area contributed by atoms with Crippen molar-refractivity contribution in [2.24, 2.45) is 0 Å². The molecular formula is C22H23N5O. The average Bonchev–Trinajstić information content (AvgIpc) is 3.29. The van der Waals surface area contributed by atoms with Crippen LogP contribution < -0.4 is 15.5 Å². The molecule has 3 aromatic rings. The van der Waals surface area contributed by atoms with Gasteiger partial charge in [0.05, 0.1) is 11.3 Å². The second-order valence-corrected chi connectivity index (χ2v) is 6.87. The summed E-state index contributed by atoms with van der Waals surface area (Å²) in [5.41, 5.74) is 4.36. The normalized spacial score (nSPS) is 13.4. The third-order valence-corrected chi connectivity index (χ3v) is 4.82. The van der Waals surface area contributed by atoms with E-state index in [4.69, 9.17) is 0 Å². The van der Waals surface area contributed by atoms with E-state index in [0.29, 0.717) is 12.1 Å². The van der Waals surface area contributed by atoms with Crippen LogP contribution in [0.3, 0.4) is 0 Å². The SMILES string of the molecule is O=C(Nc1ccc(N2CCCC2)cc1)c1cncc(NCc2cccnc2)c1. The minimum absolute atomic E-state index is 0.175. The number of hydrogen-bond acceptors (Lipinski definition) is 5. The molecule has 28 heavy (non-hydrogen) atoms. The molecule has 0 unspecified atom stereocenters. The Morgan fingerprint density at radius 3 is 2.54 bits per heavy atom. The fourth-order valence-corrected chi connectivity index (χ4v) is 3.30. The maximum Gasteiger partial charge on any atom is 0.257 e. The highest BCUT2D eigenvalue weighted by molar-refractivity contribution is 6.04. The van der Waals surface area contributed by atoms with Crippen LogP contribution in [0.2, 0.25) is 0 Å². The van der Waals surface area contributed by atoms with Crippen molar-refractivity contribution in [3.8, 4) is 0 Å². The highest BCUT2D eigenvalue weighted by atomic mass is 16.1. The Morgan fingerprint density at radius 2 is 1.79 bits per heavy atom. The fraction of sp³-hybridized carbons (Fsp3) is 0.227. The molecule has 2 N–H and O–H groups in total. The van der Waals surface area contributed by atoms with Gasteiger partial charge < -0.3 is 15.5 Å². The predicted molar refractivity (Wildman–Crippen MR) is 112 cm³/mol. The van der Waals surface area contributed by atoms with Crippen LogP contribution in [0.5, 0.6) is 0 Å². The van der Waals surface area contributed by atoms with Crippen LogP contribution in [0.15, 0.2) is 67.3 Å². The number of aromatic nitrogens is 2. The summed E-state index contributed by atoms with van der Waals surface area (Å²) in [7, 11) is 0. The molecule has 1 aliphatic rings. The Kier molecular flexibility index (Phi) is 5.47. The summed E-state index contributed by atoms with van der Waals surface area (Å²) in [5, 5.41) is 6.21. The predicted octanol–water partition coefficient (Wildman–Crippen LogP) is 3.94. The minimum Gasteiger partial charge on any atom is -0.380 e. The number of anilines is 3. The summed E-state index contributed by atoms with van der Waals surface area (Å²) in [5.74, 6) is -0.175. The Hall–Kier alpha value is -3.41. The fourth-order valence-electron chi connectivity index (χ4n) is 3.30. The Morgan fingerprint density at radius 1 is 0.964 bits per heavy atom. The van der Waals surface area contributed by atoms with E-state index in [0.717, 1.165) is 30.0 Å². The number of carbonyl (C=O) groups excluding carboxylic acids is 1. The monoisotopic (exact) mass is 373 g/mol. The Labute approximate surface area is 164 Å². The zero-order chi connectivity index (χ0) is 19.2. The van der Waals surface area contributed by atoms with Crippen molar-refractivity contribution in [3.05, 3.63) is 78.4 Å². The van der Waals surface area contributed by atoms with E-state index in [1.54, 1.807) is 24.7 Å². The van der Waals surface area contributed by atoms with Gasteiger partial charge in [0.2, 0.25) is 0 Å². The van der Waals surface area contributed by atoms with Crippen molar-refractivity contribution in [1.29, 1.82) is 0 Å². The highest BCUT2D eigenvalue weighted by Crippen LogP contribution is 2.22. The molecule has 1 saturated heterocycles. The van der Waals surface area contributed by atoms with Crippen LogP contribution in [0.4, 0.5) is 17.1 Å². The zero-order valence-electron chi connectivity index (χ0n) is 15.6. The largest absolute Gasteiger partial charge is 0.380 e. The number of hydrogen-bond donors (Lipinski definition) is 2. The van der Waals surface area contributed by atoms with E-state index in [1.165, 1.54) is 18.5 Å². The van der Waals surface area contributed by atoms with Crippen LogP contribution in [0.25, 0.3) is 0 Å². The van der Waals surface area contributed by atoms with Crippen LogP contribution in [0, 0.1) is 0 Å². The second kappa shape index (κ2) is 8.52. The van der Waals surface area contributed by atoms with Gasteiger partial charge in [-0.3, -0.25) is 14.8 Å². The van der Waals surface area contributed by atoms with E-state index >= 15 is 0 Å². The van der Waals surface area contributed by atoms with E-state index < -0.39 is 0 Å². The molecule has 0 bridgehead atoms. The van der Waals surface area contributed by atoms with Gasteiger partial charge in [0.15, 0.2) is 0 Å². The first-order chi connectivity index (χ1) is 13.8. The van der Waals surface area contributed by atoms with Crippen molar-refractivity contribution in [1.82, 2.24) is 9.97 Å². The summed E-state index contributed by atoms with van der Waals surface area (Å²) >= 11 is 0. The lowest BCUT2D eigenvalue weighted by Crippen LogP contribution is -2.17.